The summed E-state index contributed by atoms with van der Waals surface area (Å²) in [5, 5.41) is 8.86. The topological polar surface area (TPSA) is 72.0 Å². The van der Waals surface area contributed by atoms with Crippen molar-refractivity contribution in [3.8, 4) is 0 Å². The maximum absolute atomic E-state index is 10.8. The third-order valence-corrected chi connectivity index (χ3v) is 2.42. The SMILES string of the molecule is CC(C)(C(=O)O)N1CCCC1.Cl.O. The van der Waals surface area contributed by atoms with E-state index in [1.54, 1.807) is 13.8 Å². The van der Waals surface area contributed by atoms with Gasteiger partial charge in [0.25, 0.3) is 0 Å². The van der Waals surface area contributed by atoms with Crippen molar-refractivity contribution in [1.29, 1.82) is 0 Å². The maximum atomic E-state index is 10.8. The lowest BCUT2D eigenvalue weighted by Gasteiger charge is -2.30. The average Bonchev–Trinajstić information content (AvgIpc) is 2.37. The van der Waals surface area contributed by atoms with Gasteiger partial charge in [-0.05, 0) is 39.8 Å². The molecule has 13 heavy (non-hydrogen) atoms. The van der Waals surface area contributed by atoms with Crippen molar-refractivity contribution < 1.29 is 15.4 Å². The zero-order chi connectivity index (χ0) is 8.48. The van der Waals surface area contributed by atoms with E-state index < -0.39 is 11.5 Å². The molecule has 1 heterocycles. The fourth-order valence-corrected chi connectivity index (χ4v) is 1.41. The van der Waals surface area contributed by atoms with Gasteiger partial charge in [-0.2, -0.15) is 0 Å². The maximum Gasteiger partial charge on any atom is 0.323 e. The van der Waals surface area contributed by atoms with Gasteiger partial charge in [0, 0.05) is 0 Å². The summed E-state index contributed by atoms with van der Waals surface area (Å²) < 4.78 is 0. The van der Waals surface area contributed by atoms with E-state index in [0.717, 1.165) is 25.9 Å². The second kappa shape index (κ2) is 5.42. The number of halogens is 1. The number of carboxylic acids is 1. The van der Waals surface area contributed by atoms with Crippen LogP contribution in [0.2, 0.25) is 0 Å². The molecule has 1 rings (SSSR count). The molecule has 0 unspecified atom stereocenters. The highest BCUT2D eigenvalue weighted by Gasteiger charge is 2.35. The molecule has 80 valence electrons. The van der Waals surface area contributed by atoms with Gasteiger partial charge in [0.05, 0.1) is 0 Å². The first-order valence-electron chi connectivity index (χ1n) is 4.03. The molecule has 0 amide bonds. The summed E-state index contributed by atoms with van der Waals surface area (Å²) in [5.41, 5.74) is -0.670. The summed E-state index contributed by atoms with van der Waals surface area (Å²) in [5.74, 6) is -0.723. The van der Waals surface area contributed by atoms with Crippen LogP contribution in [0.25, 0.3) is 0 Å². The Bertz CT molecular complexity index is 167. The number of hydrogen-bond acceptors (Lipinski definition) is 2. The molecule has 0 aliphatic carbocycles. The Kier molecular flexibility index (Phi) is 6.32. The van der Waals surface area contributed by atoms with Gasteiger partial charge >= 0.3 is 5.97 Å². The Hall–Kier alpha value is -0.320. The van der Waals surface area contributed by atoms with Crippen LogP contribution in [0.5, 0.6) is 0 Å². The Morgan fingerprint density at radius 3 is 2.00 bits per heavy atom. The van der Waals surface area contributed by atoms with Crippen LogP contribution in [-0.4, -0.2) is 40.1 Å². The normalized spacial score (nSPS) is 17.4. The largest absolute Gasteiger partial charge is 0.480 e. The molecule has 0 bridgehead atoms. The molecule has 1 fully saturated rings. The van der Waals surface area contributed by atoms with Gasteiger partial charge in [-0.25, -0.2) is 0 Å². The number of rotatable bonds is 2. The lowest BCUT2D eigenvalue weighted by atomic mass is 10.0. The number of carbonyl (C=O) groups is 1. The number of carboxylic acid groups (broad SMARTS) is 1. The highest BCUT2D eigenvalue weighted by atomic mass is 35.5. The van der Waals surface area contributed by atoms with Gasteiger partial charge in [-0.1, -0.05) is 0 Å². The molecule has 4 nitrogen and oxygen atoms in total. The van der Waals surface area contributed by atoms with Gasteiger partial charge in [0.15, 0.2) is 0 Å². The predicted octanol–water partition coefficient (Wildman–Crippen LogP) is 0.542. The lowest BCUT2D eigenvalue weighted by Crippen LogP contribution is -2.48. The Morgan fingerprint density at radius 2 is 1.69 bits per heavy atom. The molecular weight excluding hydrogens is 194 g/mol. The summed E-state index contributed by atoms with van der Waals surface area (Å²) in [6.45, 7) is 5.39. The van der Waals surface area contributed by atoms with Gasteiger partial charge in [0.1, 0.15) is 5.54 Å². The zero-order valence-electron chi connectivity index (χ0n) is 8.04. The highest BCUT2D eigenvalue weighted by molar-refractivity contribution is 5.85. The Morgan fingerprint density at radius 1 is 1.31 bits per heavy atom. The van der Waals surface area contributed by atoms with Crippen LogP contribution in [-0.2, 0) is 4.79 Å². The minimum Gasteiger partial charge on any atom is -0.480 e. The predicted molar refractivity (Wildman–Crippen MR) is 53.4 cm³/mol. The van der Waals surface area contributed by atoms with Gasteiger partial charge in [-0.15, -0.1) is 12.4 Å². The van der Waals surface area contributed by atoms with Crippen LogP contribution < -0.4 is 0 Å². The van der Waals surface area contributed by atoms with Crippen LogP contribution in [0.15, 0.2) is 0 Å². The molecular formula is C8H18ClNO3. The van der Waals surface area contributed by atoms with Crippen molar-refractivity contribution in [2.75, 3.05) is 13.1 Å². The van der Waals surface area contributed by atoms with E-state index >= 15 is 0 Å². The molecule has 1 aliphatic rings. The number of nitrogens with zero attached hydrogens (tertiary/aromatic N) is 1. The molecule has 0 radical (unpaired) electrons. The van der Waals surface area contributed by atoms with E-state index in [1.807, 2.05) is 4.90 Å². The minimum atomic E-state index is -0.723. The quantitative estimate of drug-likeness (QED) is 0.725. The van der Waals surface area contributed by atoms with Gasteiger partial charge < -0.3 is 10.6 Å². The van der Waals surface area contributed by atoms with Crippen molar-refractivity contribution in [2.24, 2.45) is 0 Å². The first-order valence-corrected chi connectivity index (χ1v) is 4.03. The first-order chi connectivity index (χ1) is 5.05. The summed E-state index contributed by atoms with van der Waals surface area (Å²) >= 11 is 0. The van der Waals surface area contributed by atoms with E-state index in [1.165, 1.54) is 0 Å². The summed E-state index contributed by atoms with van der Waals surface area (Å²) in [6.07, 6.45) is 2.27. The molecule has 0 aromatic rings. The molecule has 0 aromatic heterocycles. The van der Waals surface area contributed by atoms with E-state index in [2.05, 4.69) is 0 Å². The fraction of sp³-hybridized carbons (Fsp3) is 0.875. The van der Waals surface area contributed by atoms with Gasteiger partial charge in [0.2, 0.25) is 0 Å². The van der Waals surface area contributed by atoms with Crippen molar-refractivity contribution in [2.45, 2.75) is 32.2 Å². The summed E-state index contributed by atoms with van der Waals surface area (Å²) in [7, 11) is 0. The van der Waals surface area contributed by atoms with E-state index in [9.17, 15) is 4.79 Å². The number of hydrogen-bond donors (Lipinski definition) is 1. The summed E-state index contributed by atoms with van der Waals surface area (Å²) in [4.78, 5) is 12.8. The second-order valence-corrected chi connectivity index (χ2v) is 3.56. The van der Waals surface area contributed by atoms with Crippen LogP contribution in [0.3, 0.4) is 0 Å². The molecule has 0 saturated carbocycles. The van der Waals surface area contributed by atoms with E-state index in [0.29, 0.717) is 0 Å². The molecule has 1 aliphatic heterocycles. The van der Waals surface area contributed by atoms with E-state index in [4.69, 9.17) is 5.11 Å². The smallest absolute Gasteiger partial charge is 0.323 e. The van der Waals surface area contributed by atoms with Crippen LogP contribution in [0.1, 0.15) is 26.7 Å². The zero-order valence-corrected chi connectivity index (χ0v) is 8.86. The lowest BCUT2D eigenvalue weighted by molar-refractivity contribution is -0.148. The van der Waals surface area contributed by atoms with Crippen LogP contribution >= 0.6 is 12.4 Å². The highest BCUT2D eigenvalue weighted by Crippen LogP contribution is 2.20. The van der Waals surface area contributed by atoms with Crippen molar-refractivity contribution >= 4 is 18.4 Å². The third kappa shape index (κ3) is 3.14. The van der Waals surface area contributed by atoms with E-state index in [-0.39, 0.29) is 17.9 Å². The minimum absolute atomic E-state index is 0. The molecule has 0 atom stereocenters. The van der Waals surface area contributed by atoms with Crippen LogP contribution in [0.4, 0.5) is 0 Å². The molecule has 1 saturated heterocycles. The molecule has 3 N–H and O–H groups in total. The van der Waals surface area contributed by atoms with Crippen molar-refractivity contribution in [3.63, 3.8) is 0 Å². The monoisotopic (exact) mass is 211 g/mol. The van der Waals surface area contributed by atoms with Crippen molar-refractivity contribution in [3.05, 3.63) is 0 Å². The fourth-order valence-electron chi connectivity index (χ4n) is 1.41. The van der Waals surface area contributed by atoms with Crippen molar-refractivity contribution in [1.82, 2.24) is 4.90 Å². The van der Waals surface area contributed by atoms with Crippen LogP contribution in [0, 0.1) is 0 Å². The second-order valence-electron chi connectivity index (χ2n) is 3.56. The number of aliphatic carboxylic acids is 1. The number of likely N-dealkylation sites (tertiary alicyclic amines) is 1. The molecule has 0 spiro atoms. The first kappa shape index (κ1) is 15.2. The van der Waals surface area contributed by atoms with Gasteiger partial charge in [-0.3, -0.25) is 9.69 Å². The third-order valence-electron chi connectivity index (χ3n) is 2.42. The standard InChI is InChI=1S/C8H15NO2.ClH.H2O/c1-8(2,7(10)11)9-5-3-4-6-9;;/h3-6H2,1-2H3,(H,10,11);1H;1H2. The summed E-state index contributed by atoms with van der Waals surface area (Å²) in [6, 6.07) is 0. The molecule has 5 heteroatoms. The molecule has 0 aromatic carbocycles. The average molecular weight is 212 g/mol. The Labute approximate surface area is 84.6 Å². The Balaban J connectivity index is 0.